The van der Waals surface area contributed by atoms with Crippen LogP contribution in [0.5, 0.6) is 0 Å². The molecule has 0 atom stereocenters. The van der Waals surface area contributed by atoms with Gasteiger partial charge in [-0.1, -0.05) is 18.2 Å². The molecule has 0 unspecified atom stereocenters. The molecule has 0 aromatic heterocycles. The normalized spacial score (nSPS) is 19.2. The number of allylic oxidation sites excluding steroid dienone is 3. The average Bonchev–Trinajstić information content (AvgIpc) is 2.25. The zero-order chi connectivity index (χ0) is 10.2. The van der Waals surface area contributed by atoms with Gasteiger partial charge >= 0.3 is 5.97 Å². The van der Waals surface area contributed by atoms with Crippen LogP contribution in [0.2, 0.25) is 0 Å². The minimum absolute atomic E-state index is 0.318. The molecule has 0 bridgehead atoms. The lowest BCUT2D eigenvalue weighted by molar-refractivity contribution is -0.134. The molecule has 1 rings (SSSR count). The van der Waals surface area contributed by atoms with Gasteiger partial charge in [-0.05, 0) is 18.8 Å². The summed E-state index contributed by atoms with van der Waals surface area (Å²) >= 11 is 0. The van der Waals surface area contributed by atoms with Crippen LogP contribution in [0.1, 0.15) is 12.8 Å². The van der Waals surface area contributed by atoms with E-state index in [-0.39, 0.29) is 5.97 Å². The van der Waals surface area contributed by atoms with E-state index in [2.05, 4.69) is 10.8 Å². The van der Waals surface area contributed by atoms with Crippen molar-refractivity contribution >= 4 is 5.97 Å². The number of carbonyl (C=O) groups excluding carboxylic acids is 1. The average molecular weight is 196 g/mol. The molecule has 0 spiro atoms. The van der Waals surface area contributed by atoms with E-state index in [1.54, 1.807) is 6.08 Å². The van der Waals surface area contributed by atoms with Crippen LogP contribution in [-0.4, -0.2) is 26.3 Å². The summed E-state index contributed by atoms with van der Waals surface area (Å²) in [5.74, 6) is 0.271. The summed E-state index contributed by atoms with van der Waals surface area (Å²) in [6, 6.07) is 0. The lowest BCUT2D eigenvalue weighted by Gasteiger charge is -2.18. The van der Waals surface area contributed by atoms with Crippen LogP contribution in [0.4, 0.5) is 0 Å². The fourth-order valence-electron chi connectivity index (χ4n) is 1.33. The molecule has 0 N–H and O–H groups in total. The highest BCUT2D eigenvalue weighted by molar-refractivity contribution is 5.82. The predicted octanol–water partition coefficient (Wildman–Crippen LogP) is 1.70. The van der Waals surface area contributed by atoms with E-state index < -0.39 is 0 Å². The highest BCUT2D eigenvalue weighted by Crippen LogP contribution is 2.15. The van der Waals surface area contributed by atoms with Crippen LogP contribution in [0, 0.1) is 5.92 Å². The molecule has 3 nitrogen and oxygen atoms in total. The molecular weight excluding hydrogens is 180 g/mol. The first kappa shape index (κ1) is 11.0. The first-order chi connectivity index (χ1) is 6.83. The zero-order valence-corrected chi connectivity index (χ0v) is 8.44. The Bertz CT molecular complexity index is 225. The summed E-state index contributed by atoms with van der Waals surface area (Å²) in [4.78, 5) is 10.7. The van der Waals surface area contributed by atoms with Crippen molar-refractivity contribution in [3.8, 4) is 0 Å². The Kier molecular flexibility index (Phi) is 5.00. The summed E-state index contributed by atoms with van der Waals surface area (Å²) in [6.07, 6.45) is 9.27. The third-order valence-electron chi connectivity index (χ3n) is 2.19. The maximum atomic E-state index is 10.7. The Balaban J connectivity index is 2.24. The maximum Gasteiger partial charge on any atom is 0.330 e. The van der Waals surface area contributed by atoms with Gasteiger partial charge in [0.1, 0.15) is 0 Å². The van der Waals surface area contributed by atoms with E-state index in [0.29, 0.717) is 5.92 Å². The number of carbonyl (C=O) groups is 1. The smallest absolute Gasteiger partial charge is 0.330 e. The number of rotatable bonds is 3. The van der Waals surface area contributed by atoms with Crippen molar-refractivity contribution in [2.24, 2.45) is 5.92 Å². The first-order valence-electron chi connectivity index (χ1n) is 4.83. The monoisotopic (exact) mass is 196 g/mol. The second-order valence-corrected chi connectivity index (χ2v) is 3.22. The lowest BCUT2D eigenvalue weighted by Crippen LogP contribution is -2.13. The standard InChI is InChI=1S/C11H16O3/c1-13-11(12)5-3-2-4-10-6-8-14-9-7-10/h2-5,10H,6-9H2,1H3/b4-2+,5-3-. The molecule has 0 saturated carbocycles. The highest BCUT2D eigenvalue weighted by Gasteiger charge is 2.09. The Hall–Kier alpha value is -1.09. The molecule has 0 aromatic rings. The topological polar surface area (TPSA) is 35.5 Å². The molecule has 1 aliphatic rings. The number of hydrogen-bond acceptors (Lipinski definition) is 3. The van der Waals surface area contributed by atoms with Gasteiger partial charge in [-0.3, -0.25) is 0 Å². The molecular formula is C11H16O3. The van der Waals surface area contributed by atoms with Gasteiger partial charge in [0, 0.05) is 19.3 Å². The SMILES string of the molecule is COC(=O)/C=C\C=C\C1CCOCC1. The molecule has 1 saturated heterocycles. The fraction of sp³-hybridized carbons (Fsp3) is 0.545. The van der Waals surface area contributed by atoms with Crippen LogP contribution in [-0.2, 0) is 14.3 Å². The van der Waals surface area contributed by atoms with E-state index in [0.717, 1.165) is 26.1 Å². The number of esters is 1. The third kappa shape index (κ3) is 4.23. The molecule has 0 amide bonds. The Morgan fingerprint density at radius 2 is 2.07 bits per heavy atom. The van der Waals surface area contributed by atoms with Crippen LogP contribution in [0.15, 0.2) is 24.3 Å². The molecule has 1 aliphatic heterocycles. The van der Waals surface area contributed by atoms with Crippen LogP contribution >= 0.6 is 0 Å². The number of methoxy groups -OCH3 is 1. The summed E-state index contributed by atoms with van der Waals surface area (Å²) in [5.41, 5.74) is 0. The summed E-state index contributed by atoms with van der Waals surface area (Å²) in [6.45, 7) is 1.69. The van der Waals surface area contributed by atoms with E-state index in [9.17, 15) is 4.79 Å². The molecule has 78 valence electrons. The van der Waals surface area contributed by atoms with Gasteiger partial charge in [0.25, 0.3) is 0 Å². The van der Waals surface area contributed by atoms with Crippen LogP contribution < -0.4 is 0 Å². The van der Waals surface area contributed by atoms with Gasteiger partial charge in [-0.2, -0.15) is 0 Å². The summed E-state index contributed by atoms with van der Waals surface area (Å²) < 4.78 is 9.70. The Morgan fingerprint density at radius 1 is 1.36 bits per heavy atom. The molecule has 1 heterocycles. The third-order valence-corrected chi connectivity index (χ3v) is 2.19. The van der Waals surface area contributed by atoms with Crippen molar-refractivity contribution in [2.45, 2.75) is 12.8 Å². The van der Waals surface area contributed by atoms with E-state index >= 15 is 0 Å². The van der Waals surface area contributed by atoms with Gasteiger partial charge in [0.2, 0.25) is 0 Å². The van der Waals surface area contributed by atoms with E-state index in [1.165, 1.54) is 13.2 Å². The van der Waals surface area contributed by atoms with Crippen molar-refractivity contribution < 1.29 is 14.3 Å². The van der Waals surface area contributed by atoms with Crippen LogP contribution in [0.25, 0.3) is 0 Å². The molecule has 0 radical (unpaired) electrons. The van der Waals surface area contributed by atoms with Crippen LogP contribution in [0.3, 0.4) is 0 Å². The van der Waals surface area contributed by atoms with Gasteiger partial charge in [0.05, 0.1) is 7.11 Å². The quantitative estimate of drug-likeness (QED) is 0.391. The Labute approximate surface area is 84.4 Å². The first-order valence-corrected chi connectivity index (χ1v) is 4.83. The lowest BCUT2D eigenvalue weighted by atomic mass is 10.00. The summed E-state index contributed by atoms with van der Waals surface area (Å²) in [5, 5.41) is 0. The molecule has 3 heteroatoms. The zero-order valence-electron chi connectivity index (χ0n) is 8.44. The largest absolute Gasteiger partial charge is 0.466 e. The second kappa shape index (κ2) is 6.38. The van der Waals surface area contributed by atoms with Gasteiger partial charge < -0.3 is 9.47 Å². The van der Waals surface area contributed by atoms with Gasteiger partial charge in [0.15, 0.2) is 0 Å². The molecule has 1 fully saturated rings. The van der Waals surface area contributed by atoms with Gasteiger partial charge in [-0.15, -0.1) is 0 Å². The van der Waals surface area contributed by atoms with E-state index in [1.807, 2.05) is 6.08 Å². The van der Waals surface area contributed by atoms with Crippen molar-refractivity contribution in [3.63, 3.8) is 0 Å². The van der Waals surface area contributed by atoms with E-state index in [4.69, 9.17) is 4.74 Å². The fourth-order valence-corrected chi connectivity index (χ4v) is 1.33. The minimum Gasteiger partial charge on any atom is -0.466 e. The summed E-state index contributed by atoms with van der Waals surface area (Å²) in [7, 11) is 1.37. The highest BCUT2D eigenvalue weighted by atomic mass is 16.5. The van der Waals surface area contributed by atoms with Crippen molar-refractivity contribution in [1.82, 2.24) is 0 Å². The number of ether oxygens (including phenoxy) is 2. The van der Waals surface area contributed by atoms with Crippen molar-refractivity contribution in [2.75, 3.05) is 20.3 Å². The molecule has 0 aliphatic carbocycles. The van der Waals surface area contributed by atoms with Crippen molar-refractivity contribution in [1.29, 1.82) is 0 Å². The van der Waals surface area contributed by atoms with Crippen molar-refractivity contribution in [3.05, 3.63) is 24.3 Å². The maximum absolute atomic E-state index is 10.7. The number of hydrogen-bond donors (Lipinski definition) is 0. The minimum atomic E-state index is -0.318. The second-order valence-electron chi connectivity index (χ2n) is 3.22. The molecule has 14 heavy (non-hydrogen) atoms. The molecule has 0 aromatic carbocycles. The Morgan fingerprint density at radius 3 is 2.71 bits per heavy atom. The van der Waals surface area contributed by atoms with Gasteiger partial charge in [-0.25, -0.2) is 4.79 Å². The predicted molar refractivity (Wildman–Crippen MR) is 53.8 cm³/mol.